The molecule has 110 valence electrons. The average Bonchev–Trinajstić information content (AvgIpc) is 2.62. The fourth-order valence-corrected chi connectivity index (χ4v) is 2.27. The molecule has 0 spiro atoms. The molecule has 4 atom stereocenters. The highest BCUT2D eigenvalue weighted by atomic mass is 19.2. The quantitative estimate of drug-likeness (QED) is 0.650. The van der Waals surface area contributed by atoms with Crippen molar-refractivity contribution >= 4 is 5.82 Å². The minimum Gasteiger partial charge on any atom is -0.390 e. The topological polar surface area (TPSA) is 111 Å². The summed E-state index contributed by atoms with van der Waals surface area (Å²) >= 11 is 0. The second-order valence-corrected chi connectivity index (χ2v) is 4.93. The Labute approximate surface area is 114 Å². The summed E-state index contributed by atoms with van der Waals surface area (Å²) in [5, 5.41) is 19.1. The van der Waals surface area contributed by atoms with E-state index >= 15 is 0 Å². The second-order valence-electron chi connectivity index (χ2n) is 4.93. The molecule has 4 N–H and O–H groups in total. The van der Waals surface area contributed by atoms with Gasteiger partial charge >= 0.3 is 5.69 Å². The molecule has 20 heavy (non-hydrogen) atoms. The number of alkyl halides is 1. The van der Waals surface area contributed by atoms with Crippen molar-refractivity contribution in [1.29, 1.82) is 0 Å². The third-order valence-corrected chi connectivity index (χ3v) is 3.60. The molecule has 2 heterocycles. The van der Waals surface area contributed by atoms with Crippen molar-refractivity contribution in [2.45, 2.75) is 25.1 Å². The number of anilines is 1. The van der Waals surface area contributed by atoms with Crippen LogP contribution >= 0.6 is 0 Å². The third kappa shape index (κ3) is 1.92. The van der Waals surface area contributed by atoms with Crippen LogP contribution in [0.4, 0.5) is 10.2 Å². The highest BCUT2D eigenvalue weighted by Gasteiger charge is 2.61. The molecule has 1 aromatic rings. The molecule has 1 saturated heterocycles. The fraction of sp³-hybridized carbons (Fsp3) is 0.500. The Morgan fingerprint density at radius 2 is 2.40 bits per heavy atom. The van der Waals surface area contributed by atoms with Crippen LogP contribution in [0, 0.1) is 5.41 Å². The lowest BCUT2D eigenvalue weighted by Gasteiger charge is -2.29. The van der Waals surface area contributed by atoms with Crippen molar-refractivity contribution in [3.63, 3.8) is 0 Å². The van der Waals surface area contributed by atoms with Crippen LogP contribution in [0.25, 0.3) is 0 Å². The lowest BCUT2D eigenvalue weighted by atomic mass is 9.82. The lowest BCUT2D eigenvalue weighted by molar-refractivity contribution is -0.207. The minimum atomic E-state index is -2.69. The van der Waals surface area contributed by atoms with E-state index < -0.39 is 35.9 Å². The number of halogens is 1. The van der Waals surface area contributed by atoms with Gasteiger partial charge in [0.05, 0.1) is 5.41 Å². The summed E-state index contributed by atoms with van der Waals surface area (Å²) in [5.74, 6) is -2.67. The average molecular weight is 285 g/mol. The van der Waals surface area contributed by atoms with Gasteiger partial charge in [-0.05, 0) is 13.0 Å². The van der Waals surface area contributed by atoms with Crippen LogP contribution in [0.3, 0.4) is 0 Å². The maximum atomic E-state index is 14.3. The number of aromatic nitrogens is 2. The zero-order chi connectivity index (χ0) is 15.1. The number of ether oxygens (including phenoxy) is 1. The molecule has 1 aliphatic heterocycles. The van der Waals surface area contributed by atoms with E-state index in [1.807, 2.05) is 0 Å². The zero-order valence-corrected chi connectivity index (χ0v) is 10.9. The lowest BCUT2D eigenvalue weighted by Crippen LogP contribution is -2.44. The summed E-state index contributed by atoms with van der Waals surface area (Å²) in [6.07, 6.45) is -0.325. The summed E-state index contributed by atoms with van der Waals surface area (Å²) in [5.41, 5.74) is 3.31. The van der Waals surface area contributed by atoms with Crippen LogP contribution in [0.1, 0.15) is 13.2 Å². The Kier molecular flexibility index (Phi) is 3.41. The van der Waals surface area contributed by atoms with Gasteiger partial charge in [0.25, 0.3) is 5.85 Å². The SMILES string of the molecule is C=C[C@@]1(C)[C@H](n2ccc(N)nc2=O)O[C@](F)(CO)[C@H]1O. The molecular weight excluding hydrogens is 269 g/mol. The Morgan fingerprint density at radius 3 is 2.90 bits per heavy atom. The maximum absolute atomic E-state index is 14.3. The first kappa shape index (κ1) is 14.6. The summed E-state index contributed by atoms with van der Waals surface area (Å²) in [4.78, 5) is 15.3. The van der Waals surface area contributed by atoms with E-state index in [1.54, 1.807) is 0 Å². The molecule has 0 amide bonds. The largest absolute Gasteiger partial charge is 0.390 e. The first-order chi connectivity index (χ1) is 9.28. The molecule has 1 fully saturated rings. The van der Waals surface area contributed by atoms with E-state index in [-0.39, 0.29) is 5.82 Å². The smallest absolute Gasteiger partial charge is 0.351 e. The predicted molar refractivity (Wildman–Crippen MR) is 68.3 cm³/mol. The van der Waals surface area contributed by atoms with Gasteiger partial charge in [-0.1, -0.05) is 6.08 Å². The van der Waals surface area contributed by atoms with Crippen molar-refractivity contribution in [2.75, 3.05) is 12.3 Å². The van der Waals surface area contributed by atoms with Crippen molar-refractivity contribution in [3.05, 3.63) is 35.4 Å². The number of aliphatic hydroxyl groups excluding tert-OH is 2. The van der Waals surface area contributed by atoms with E-state index in [9.17, 15) is 14.3 Å². The Hall–Kier alpha value is -1.77. The van der Waals surface area contributed by atoms with Crippen LogP contribution in [0.5, 0.6) is 0 Å². The molecule has 0 saturated carbocycles. The standard InChI is InChI=1S/C12H16FN3O4/c1-3-11(2)8(18)12(13,6-17)20-9(11)16-5-4-7(14)15-10(16)19/h3-5,8-9,17-18H,1,6H2,2H3,(H2,14,15,19)/t8-,9+,11+,12+/m0/s1. The van der Waals surface area contributed by atoms with Gasteiger partial charge in [-0.3, -0.25) is 4.57 Å². The Bertz CT molecular complexity index is 592. The zero-order valence-electron chi connectivity index (χ0n) is 10.9. The molecule has 1 aliphatic rings. The Balaban J connectivity index is 2.55. The molecule has 7 nitrogen and oxygen atoms in total. The summed E-state index contributed by atoms with van der Waals surface area (Å²) < 4.78 is 20.4. The van der Waals surface area contributed by atoms with E-state index in [0.29, 0.717) is 0 Å². The van der Waals surface area contributed by atoms with Crippen LogP contribution < -0.4 is 11.4 Å². The normalized spacial score (nSPS) is 37.0. The Morgan fingerprint density at radius 1 is 1.75 bits per heavy atom. The van der Waals surface area contributed by atoms with Gasteiger partial charge in [-0.25, -0.2) is 9.18 Å². The van der Waals surface area contributed by atoms with Crippen molar-refractivity contribution in [3.8, 4) is 0 Å². The van der Waals surface area contributed by atoms with E-state index in [2.05, 4.69) is 11.6 Å². The monoisotopic (exact) mass is 285 g/mol. The first-order valence-electron chi connectivity index (χ1n) is 5.92. The number of rotatable bonds is 3. The van der Waals surface area contributed by atoms with Gasteiger partial charge in [0, 0.05) is 6.20 Å². The van der Waals surface area contributed by atoms with Gasteiger partial charge < -0.3 is 20.7 Å². The predicted octanol–water partition coefficient (Wildman–Crippen LogP) is -0.434. The number of nitrogen functional groups attached to an aromatic ring is 1. The molecule has 8 heteroatoms. The summed E-state index contributed by atoms with van der Waals surface area (Å²) in [6, 6.07) is 1.35. The third-order valence-electron chi connectivity index (χ3n) is 3.60. The number of aliphatic hydroxyl groups is 2. The van der Waals surface area contributed by atoms with Crippen molar-refractivity contribution < 1.29 is 19.3 Å². The van der Waals surface area contributed by atoms with E-state index in [0.717, 1.165) is 4.57 Å². The number of hydrogen-bond donors (Lipinski definition) is 3. The molecule has 0 unspecified atom stereocenters. The number of nitrogens with two attached hydrogens (primary N) is 1. The van der Waals surface area contributed by atoms with Gasteiger partial charge in [0.2, 0.25) is 0 Å². The molecule has 0 radical (unpaired) electrons. The maximum Gasteiger partial charge on any atom is 0.351 e. The van der Waals surface area contributed by atoms with Gasteiger partial charge in [-0.15, -0.1) is 6.58 Å². The fourth-order valence-electron chi connectivity index (χ4n) is 2.27. The molecule has 0 aliphatic carbocycles. The highest BCUT2D eigenvalue weighted by molar-refractivity contribution is 5.24. The number of nitrogens with zero attached hydrogens (tertiary/aromatic N) is 2. The van der Waals surface area contributed by atoms with E-state index in [4.69, 9.17) is 15.6 Å². The molecular formula is C12H16FN3O4. The van der Waals surface area contributed by atoms with Crippen LogP contribution in [0.15, 0.2) is 29.7 Å². The second kappa shape index (κ2) is 4.65. The molecule has 0 bridgehead atoms. The van der Waals surface area contributed by atoms with Gasteiger partial charge in [0.1, 0.15) is 18.5 Å². The van der Waals surface area contributed by atoms with E-state index in [1.165, 1.54) is 25.3 Å². The van der Waals surface area contributed by atoms with Crippen LogP contribution in [0.2, 0.25) is 0 Å². The molecule has 2 rings (SSSR count). The van der Waals surface area contributed by atoms with Gasteiger partial charge in [0.15, 0.2) is 6.23 Å². The van der Waals surface area contributed by atoms with Crippen LogP contribution in [-0.4, -0.2) is 38.3 Å². The molecule has 0 aromatic carbocycles. The van der Waals surface area contributed by atoms with Crippen molar-refractivity contribution in [1.82, 2.24) is 9.55 Å². The summed E-state index contributed by atoms with van der Waals surface area (Å²) in [7, 11) is 0. The van der Waals surface area contributed by atoms with Gasteiger partial charge in [-0.2, -0.15) is 4.98 Å². The summed E-state index contributed by atoms with van der Waals surface area (Å²) in [6.45, 7) is 3.96. The first-order valence-corrected chi connectivity index (χ1v) is 5.92. The minimum absolute atomic E-state index is 0.0128. The van der Waals surface area contributed by atoms with Crippen LogP contribution in [-0.2, 0) is 4.74 Å². The van der Waals surface area contributed by atoms with Crippen molar-refractivity contribution in [2.24, 2.45) is 5.41 Å². The molecule has 1 aromatic heterocycles. The number of hydrogen-bond acceptors (Lipinski definition) is 6. The highest BCUT2D eigenvalue weighted by Crippen LogP contribution is 2.51.